The maximum Gasteiger partial charge on any atom is 0.334 e. The molecule has 6 heteroatoms. The lowest BCUT2D eigenvalue weighted by molar-refractivity contribution is 0.0956. The first-order valence-corrected chi connectivity index (χ1v) is 8.62. The SMILES string of the molecule is CSN(C(=O)NC(=O)c1ccc(Cl)cc1)C1CCCCC1. The average Bonchev–Trinajstić information content (AvgIpc) is 2.49. The third-order valence-electron chi connectivity index (χ3n) is 3.63. The minimum absolute atomic E-state index is 0.215. The number of carbonyl (C=O) groups is 2. The van der Waals surface area contributed by atoms with Crippen molar-refractivity contribution in [3.8, 4) is 0 Å². The van der Waals surface area contributed by atoms with E-state index in [9.17, 15) is 9.59 Å². The van der Waals surface area contributed by atoms with Crippen LogP contribution in [0.2, 0.25) is 5.02 Å². The van der Waals surface area contributed by atoms with E-state index in [-0.39, 0.29) is 12.1 Å². The number of hydrogen-bond donors (Lipinski definition) is 1. The van der Waals surface area contributed by atoms with Gasteiger partial charge in [0.05, 0.1) is 0 Å². The Bertz CT molecular complexity index is 501. The van der Waals surface area contributed by atoms with Crippen LogP contribution in [0.4, 0.5) is 4.79 Å². The van der Waals surface area contributed by atoms with E-state index in [1.165, 1.54) is 18.4 Å². The molecule has 2 rings (SSSR count). The van der Waals surface area contributed by atoms with Crippen LogP contribution in [0.1, 0.15) is 42.5 Å². The Balaban J connectivity index is 1.98. The Labute approximate surface area is 134 Å². The number of halogens is 1. The Hall–Kier alpha value is -1.20. The van der Waals surface area contributed by atoms with Gasteiger partial charge in [-0.1, -0.05) is 30.9 Å². The number of carbonyl (C=O) groups excluding carboxylic acids is 2. The highest BCUT2D eigenvalue weighted by atomic mass is 35.5. The molecule has 1 N–H and O–H groups in total. The monoisotopic (exact) mass is 326 g/mol. The molecule has 0 unspecified atom stereocenters. The molecule has 1 aliphatic carbocycles. The molecule has 1 saturated carbocycles. The van der Waals surface area contributed by atoms with Crippen LogP contribution >= 0.6 is 23.5 Å². The molecule has 0 bridgehead atoms. The van der Waals surface area contributed by atoms with Crippen LogP contribution in [0.15, 0.2) is 24.3 Å². The standard InChI is InChI=1S/C15H19ClN2O2S/c1-21-18(13-5-3-2-4-6-13)15(20)17-14(19)11-7-9-12(16)10-8-11/h7-10,13H,2-6H2,1H3,(H,17,19,20). The molecule has 21 heavy (non-hydrogen) atoms. The normalized spacial score (nSPS) is 15.5. The lowest BCUT2D eigenvalue weighted by atomic mass is 9.96. The molecule has 0 radical (unpaired) electrons. The first kappa shape index (κ1) is 16.2. The number of rotatable bonds is 3. The minimum Gasteiger partial charge on any atom is -0.273 e. The van der Waals surface area contributed by atoms with Crippen molar-refractivity contribution in [2.75, 3.05) is 6.26 Å². The molecule has 4 nitrogen and oxygen atoms in total. The number of benzene rings is 1. The maximum absolute atomic E-state index is 12.3. The number of imide groups is 1. The molecule has 0 heterocycles. The fraction of sp³-hybridized carbons (Fsp3) is 0.467. The molecule has 0 aliphatic heterocycles. The summed E-state index contributed by atoms with van der Waals surface area (Å²) in [7, 11) is 0. The molecule has 3 amide bonds. The van der Waals surface area contributed by atoms with Crippen LogP contribution < -0.4 is 5.32 Å². The average molecular weight is 327 g/mol. The summed E-state index contributed by atoms with van der Waals surface area (Å²) >= 11 is 7.16. The van der Waals surface area contributed by atoms with Crippen LogP contribution in [-0.2, 0) is 0 Å². The van der Waals surface area contributed by atoms with Crippen molar-refractivity contribution in [2.24, 2.45) is 0 Å². The van der Waals surface area contributed by atoms with Crippen LogP contribution in [0.25, 0.3) is 0 Å². The molecule has 1 fully saturated rings. The fourth-order valence-electron chi connectivity index (χ4n) is 2.54. The van der Waals surface area contributed by atoms with E-state index in [2.05, 4.69) is 5.32 Å². The number of urea groups is 1. The van der Waals surface area contributed by atoms with E-state index in [1.807, 2.05) is 6.26 Å². The molecule has 0 atom stereocenters. The Morgan fingerprint density at radius 3 is 2.38 bits per heavy atom. The fourth-order valence-corrected chi connectivity index (χ4v) is 3.39. The van der Waals surface area contributed by atoms with Gasteiger partial charge >= 0.3 is 6.03 Å². The summed E-state index contributed by atoms with van der Waals surface area (Å²) < 4.78 is 1.69. The second-order valence-electron chi connectivity index (χ2n) is 5.07. The number of hydrogen-bond acceptors (Lipinski definition) is 3. The van der Waals surface area contributed by atoms with Gasteiger partial charge in [-0.05, 0) is 49.1 Å². The first-order chi connectivity index (χ1) is 10.1. The molecule has 1 aromatic carbocycles. The molecule has 0 spiro atoms. The number of nitrogens with one attached hydrogen (secondary N) is 1. The van der Waals surface area contributed by atoms with E-state index >= 15 is 0 Å². The van der Waals surface area contributed by atoms with Crippen molar-refractivity contribution in [1.82, 2.24) is 9.62 Å². The van der Waals surface area contributed by atoms with Gasteiger partial charge in [-0.2, -0.15) is 0 Å². The van der Waals surface area contributed by atoms with Gasteiger partial charge in [0.15, 0.2) is 0 Å². The van der Waals surface area contributed by atoms with E-state index in [1.54, 1.807) is 28.6 Å². The van der Waals surface area contributed by atoms with Gasteiger partial charge in [-0.3, -0.25) is 14.4 Å². The topological polar surface area (TPSA) is 49.4 Å². The largest absolute Gasteiger partial charge is 0.334 e. The van der Waals surface area contributed by atoms with Crippen LogP contribution in [0.5, 0.6) is 0 Å². The molecule has 0 aromatic heterocycles. The van der Waals surface area contributed by atoms with Gasteiger partial charge in [0.2, 0.25) is 0 Å². The zero-order chi connectivity index (χ0) is 15.2. The second-order valence-corrected chi connectivity index (χ2v) is 6.26. The van der Waals surface area contributed by atoms with E-state index in [4.69, 9.17) is 11.6 Å². The number of amides is 3. The van der Waals surface area contributed by atoms with Crippen LogP contribution in [-0.4, -0.2) is 28.5 Å². The second kappa shape index (κ2) is 7.71. The van der Waals surface area contributed by atoms with E-state index < -0.39 is 5.91 Å². The summed E-state index contributed by atoms with van der Waals surface area (Å²) in [6.45, 7) is 0. The third kappa shape index (κ3) is 4.38. The zero-order valence-electron chi connectivity index (χ0n) is 12.0. The van der Waals surface area contributed by atoms with Gasteiger partial charge in [-0.15, -0.1) is 0 Å². The smallest absolute Gasteiger partial charge is 0.273 e. The minimum atomic E-state index is -0.397. The predicted octanol–water partition coefficient (Wildman–Crippen LogP) is 4.10. The quantitative estimate of drug-likeness (QED) is 0.851. The lowest BCUT2D eigenvalue weighted by Gasteiger charge is -2.31. The van der Waals surface area contributed by atoms with Gasteiger partial charge in [0.25, 0.3) is 5.91 Å². The van der Waals surface area contributed by atoms with Crippen molar-refractivity contribution >= 4 is 35.5 Å². The molecule has 1 aromatic rings. The van der Waals surface area contributed by atoms with Crippen LogP contribution in [0.3, 0.4) is 0 Å². The lowest BCUT2D eigenvalue weighted by Crippen LogP contribution is -2.44. The predicted molar refractivity (Wildman–Crippen MR) is 86.5 cm³/mol. The van der Waals surface area contributed by atoms with Crippen molar-refractivity contribution < 1.29 is 9.59 Å². The van der Waals surface area contributed by atoms with Crippen molar-refractivity contribution in [2.45, 2.75) is 38.1 Å². The maximum atomic E-state index is 12.3. The summed E-state index contributed by atoms with van der Waals surface area (Å²) in [5.41, 5.74) is 0.428. The van der Waals surface area contributed by atoms with E-state index in [0.717, 1.165) is 25.7 Å². The molecule has 1 aliphatic rings. The highest BCUT2D eigenvalue weighted by molar-refractivity contribution is 7.96. The summed E-state index contributed by atoms with van der Waals surface area (Å²) in [5.74, 6) is -0.397. The summed E-state index contributed by atoms with van der Waals surface area (Å²) in [6.07, 6.45) is 7.37. The molecular formula is C15H19ClN2O2S. The van der Waals surface area contributed by atoms with Gasteiger partial charge < -0.3 is 0 Å². The first-order valence-electron chi connectivity index (χ1n) is 7.06. The Kier molecular flexibility index (Phi) is 5.94. The number of nitrogens with zero attached hydrogens (tertiary/aromatic N) is 1. The summed E-state index contributed by atoms with van der Waals surface area (Å²) in [4.78, 5) is 24.3. The van der Waals surface area contributed by atoms with Gasteiger partial charge in [0, 0.05) is 22.9 Å². The van der Waals surface area contributed by atoms with Gasteiger partial charge in [0.1, 0.15) is 0 Å². The summed E-state index contributed by atoms with van der Waals surface area (Å²) in [5, 5.41) is 3.01. The van der Waals surface area contributed by atoms with Crippen LogP contribution in [0, 0.1) is 0 Å². The highest BCUT2D eigenvalue weighted by Crippen LogP contribution is 2.26. The van der Waals surface area contributed by atoms with Crippen molar-refractivity contribution in [1.29, 1.82) is 0 Å². The van der Waals surface area contributed by atoms with E-state index in [0.29, 0.717) is 10.6 Å². The van der Waals surface area contributed by atoms with Gasteiger partial charge in [-0.25, -0.2) is 4.79 Å². The van der Waals surface area contributed by atoms with Crippen molar-refractivity contribution in [3.63, 3.8) is 0 Å². The van der Waals surface area contributed by atoms with Crippen molar-refractivity contribution in [3.05, 3.63) is 34.9 Å². The zero-order valence-corrected chi connectivity index (χ0v) is 13.5. The third-order valence-corrected chi connectivity index (χ3v) is 4.74. The Morgan fingerprint density at radius 2 is 1.81 bits per heavy atom. The molecule has 114 valence electrons. The Morgan fingerprint density at radius 1 is 1.19 bits per heavy atom. The molecule has 0 saturated heterocycles. The molecular weight excluding hydrogens is 308 g/mol. The highest BCUT2D eigenvalue weighted by Gasteiger charge is 2.26. The summed E-state index contributed by atoms with van der Waals surface area (Å²) in [6, 6.07) is 6.36.